The van der Waals surface area contributed by atoms with Gasteiger partial charge in [-0.25, -0.2) is 0 Å². The van der Waals surface area contributed by atoms with E-state index in [-0.39, 0.29) is 23.6 Å². The Morgan fingerprint density at radius 2 is 1.77 bits per heavy atom. The molecule has 1 aromatic rings. The van der Waals surface area contributed by atoms with Gasteiger partial charge in [-0.1, -0.05) is 18.9 Å². The van der Waals surface area contributed by atoms with E-state index in [0.717, 1.165) is 25.7 Å². The Kier molecular flexibility index (Phi) is 6.66. The summed E-state index contributed by atoms with van der Waals surface area (Å²) in [6.07, 6.45) is 5.44. The molecule has 1 saturated heterocycles. The van der Waals surface area contributed by atoms with Crippen LogP contribution in [0.3, 0.4) is 0 Å². The normalized spacial score (nSPS) is 18.2. The van der Waals surface area contributed by atoms with Crippen molar-refractivity contribution in [3.8, 4) is 0 Å². The van der Waals surface area contributed by atoms with Crippen molar-refractivity contribution in [1.29, 1.82) is 0 Å². The Balaban J connectivity index is 1.32. The summed E-state index contributed by atoms with van der Waals surface area (Å²) >= 11 is 1.41. The molecule has 2 aliphatic rings. The molecule has 1 saturated carbocycles. The van der Waals surface area contributed by atoms with Gasteiger partial charge in [0.2, 0.25) is 11.8 Å². The first-order chi connectivity index (χ1) is 12.6. The lowest BCUT2D eigenvalue weighted by Gasteiger charge is -2.36. The first-order valence-corrected chi connectivity index (χ1v) is 10.4. The van der Waals surface area contributed by atoms with Crippen LogP contribution in [0.4, 0.5) is 0 Å². The second kappa shape index (κ2) is 9.16. The standard InChI is InChI=1S/C19H27N3O3S/c23-17(8-3-9-20-18(24)16-7-4-14-26-16)21-10-12-22(13-11-21)19(25)15-5-1-2-6-15/h4,7,14-15H,1-3,5-6,8-13H2,(H,20,24). The molecule has 2 heterocycles. The highest BCUT2D eigenvalue weighted by Crippen LogP contribution is 2.27. The van der Waals surface area contributed by atoms with Crippen molar-refractivity contribution in [2.75, 3.05) is 32.7 Å². The highest BCUT2D eigenvalue weighted by molar-refractivity contribution is 7.12. The molecule has 0 bridgehead atoms. The highest BCUT2D eigenvalue weighted by atomic mass is 32.1. The molecule has 7 heteroatoms. The summed E-state index contributed by atoms with van der Waals surface area (Å²) in [5, 5.41) is 4.71. The minimum Gasteiger partial charge on any atom is -0.351 e. The quantitative estimate of drug-likeness (QED) is 0.772. The van der Waals surface area contributed by atoms with E-state index >= 15 is 0 Å². The maximum absolute atomic E-state index is 12.4. The number of carbonyl (C=O) groups excluding carboxylic acids is 3. The third-order valence-electron chi connectivity index (χ3n) is 5.25. The van der Waals surface area contributed by atoms with E-state index < -0.39 is 0 Å². The van der Waals surface area contributed by atoms with Gasteiger partial charge in [-0.3, -0.25) is 14.4 Å². The first-order valence-electron chi connectivity index (χ1n) is 9.53. The van der Waals surface area contributed by atoms with Crippen LogP contribution in [0, 0.1) is 5.92 Å². The Labute approximate surface area is 158 Å². The van der Waals surface area contributed by atoms with E-state index in [0.29, 0.717) is 50.4 Å². The molecule has 3 amide bonds. The van der Waals surface area contributed by atoms with Crippen LogP contribution >= 0.6 is 11.3 Å². The second-order valence-electron chi connectivity index (χ2n) is 7.02. The van der Waals surface area contributed by atoms with E-state index in [1.165, 1.54) is 11.3 Å². The van der Waals surface area contributed by atoms with E-state index in [1.807, 2.05) is 21.2 Å². The minimum atomic E-state index is -0.0773. The van der Waals surface area contributed by atoms with Crippen molar-refractivity contribution in [3.05, 3.63) is 22.4 Å². The van der Waals surface area contributed by atoms with Crippen LogP contribution in [0.1, 0.15) is 48.2 Å². The third-order valence-corrected chi connectivity index (χ3v) is 6.12. The number of piperazine rings is 1. The largest absolute Gasteiger partial charge is 0.351 e. The van der Waals surface area contributed by atoms with Gasteiger partial charge in [0, 0.05) is 45.1 Å². The number of nitrogens with one attached hydrogen (secondary N) is 1. The fourth-order valence-electron chi connectivity index (χ4n) is 3.70. The monoisotopic (exact) mass is 377 g/mol. The molecule has 1 aliphatic carbocycles. The fraction of sp³-hybridized carbons (Fsp3) is 0.632. The first kappa shape index (κ1) is 18.9. The van der Waals surface area contributed by atoms with Crippen LogP contribution in [0.5, 0.6) is 0 Å². The summed E-state index contributed by atoms with van der Waals surface area (Å²) in [6.45, 7) is 3.05. The Morgan fingerprint density at radius 1 is 1.08 bits per heavy atom. The van der Waals surface area contributed by atoms with Crippen molar-refractivity contribution in [3.63, 3.8) is 0 Å². The highest BCUT2D eigenvalue weighted by Gasteiger charge is 2.30. The lowest BCUT2D eigenvalue weighted by Crippen LogP contribution is -2.51. The predicted molar refractivity (Wildman–Crippen MR) is 101 cm³/mol. The topological polar surface area (TPSA) is 69.7 Å². The van der Waals surface area contributed by atoms with Crippen LogP contribution in [-0.4, -0.2) is 60.2 Å². The average Bonchev–Trinajstić information content (AvgIpc) is 3.38. The number of thiophene rings is 1. The van der Waals surface area contributed by atoms with Gasteiger partial charge in [0.15, 0.2) is 0 Å². The van der Waals surface area contributed by atoms with Gasteiger partial charge in [0.25, 0.3) is 5.91 Å². The van der Waals surface area contributed by atoms with Crippen LogP contribution < -0.4 is 5.32 Å². The zero-order valence-electron chi connectivity index (χ0n) is 15.1. The number of rotatable bonds is 6. The number of hydrogen-bond acceptors (Lipinski definition) is 4. The number of hydrogen-bond donors (Lipinski definition) is 1. The molecule has 0 spiro atoms. The van der Waals surface area contributed by atoms with Crippen LogP contribution in [0.25, 0.3) is 0 Å². The smallest absolute Gasteiger partial charge is 0.261 e. The number of amides is 3. The van der Waals surface area contributed by atoms with Gasteiger partial charge in [-0.15, -0.1) is 11.3 Å². The maximum atomic E-state index is 12.4. The van der Waals surface area contributed by atoms with Crippen molar-refractivity contribution in [2.24, 2.45) is 5.92 Å². The van der Waals surface area contributed by atoms with Gasteiger partial charge < -0.3 is 15.1 Å². The average molecular weight is 378 g/mol. The molecule has 1 N–H and O–H groups in total. The molecule has 3 rings (SSSR count). The number of carbonyl (C=O) groups is 3. The molecular weight excluding hydrogens is 350 g/mol. The molecule has 26 heavy (non-hydrogen) atoms. The lowest BCUT2D eigenvalue weighted by molar-refractivity contribution is -0.142. The Morgan fingerprint density at radius 3 is 2.42 bits per heavy atom. The Hall–Kier alpha value is -1.89. The van der Waals surface area contributed by atoms with Crippen LogP contribution in [0.15, 0.2) is 17.5 Å². The molecule has 0 atom stereocenters. The van der Waals surface area contributed by atoms with Crippen molar-refractivity contribution in [1.82, 2.24) is 15.1 Å². The van der Waals surface area contributed by atoms with E-state index in [9.17, 15) is 14.4 Å². The number of nitrogens with zero attached hydrogens (tertiary/aromatic N) is 2. The molecule has 0 unspecified atom stereocenters. The summed E-state index contributed by atoms with van der Waals surface area (Å²) < 4.78 is 0. The summed E-state index contributed by atoms with van der Waals surface area (Å²) in [4.78, 5) is 41.0. The van der Waals surface area contributed by atoms with E-state index in [4.69, 9.17) is 0 Å². The summed E-state index contributed by atoms with van der Waals surface area (Å²) in [7, 11) is 0. The van der Waals surface area contributed by atoms with Gasteiger partial charge in [-0.2, -0.15) is 0 Å². The molecule has 1 aromatic heterocycles. The zero-order chi connectivity index (χ0) is 18.4. The van der Waals surface area contributed by atoms with Gasteiger partial charge in [0.05, 0.1) is 4.88 Å². The Bertz CT molecular complexity index is 618. The van der Waals surface area contributed by atoms with Crippen molar-refractivity contribution >= 4 is 29.1 Å². The van der Waals surface area contributed by atoms with Crippen molar-refractivity contribution < 1.29 is 14.4 Å². The molecule has 2 fully saturated rings. The summed E-state index contributed by atoms with van der Waals surface area (Å²) in [5.74, 6) is 0.532. The molecule has 142 valence electrons. The van der Waals surface area contributed by atoms with E-state index in [2.05, 4.69) is 5.32 Å². The van der Waals surface area contributed by atoms with Crippen molar-refractivity contribution in [2.45, 2.75) is 38.5 Å². The van der Waals surface area contributed by atoms with Crippen LogP contribution in [-0.2, 0) is 9.59 Å². The fourth-order valence-corrected chi connectivity index (χ4v) is 4.34. The van der Waals surface area contributed by atoms with Gasteiger partial charge >= 0.3 is 0 Å². The summed E-state index contributed by atoms with van der Waals surface area (Å²) in [5.41, 5.74) is 0. The lowest BCUT2D eigenvalue weighted by atomic mass is 10.1. The second-order valence-corrected chi connectivity index (χ2v) is 7.97. The molecule has 0 radical (unpaired) electrons. The van der Waals surface area contributed by atoms with Gasteiger partial charge in [0.1, 0.15) is 0 Å². The van der Waals surface area contributed by atoms with E-state index in [1.54, 1.807) is 6.07 Å². The maximum Gasteiger partial charge on any atom is 0.261 e. The molecule has 6 nitrogen and oxygen atoms in total. The molecular formula is C19H27N3O3S. The predicted octanol–water partition coefficient (Wildman–Crippen LogP) is 2.12. The SMILES string of the molecule is O=C(NCCCC(=O)N1CCN(C(=O)C2CCCC2)CC1)c1cccs1. The third kappa shape index (κ3) is 4.84. The van der Waals surface area contributed by atoms with Crippen LogP contribution in [0.2, 0.25) is 0 Å². The molecule has 1 aliphatic heterocycles. The van der Waals surface area contributed by atoms with Gasteiger partial charge in [-0.05, 0) is 30.7 Å². The summed E-state index contributed by atoms with van der Waals surface area (Å²) in [6, 6.07) is 3.64. The zero-order valence-corrected chi connectivity index (χ0v) is 15.9. The molecule has 0 aromatic carbocycles. The minimum absolute atomic E-state index is 0.0773.